The molecule has 1 aromatic rings. The number of rotatable bonds is 5. The van der Waals surface area contributed by atoms with Gasteiger partial charge in [-0.1, -0.05) is 24.6 Å². The van der Waals surface area contributed by atoms with E-state index < -0.39 is 9.84 Å². The van der Waals surface area contributed by atoms with Crippen LogP contribution in [0.4, 0.5) is 0 Å². The summed E-state index contributed by atoms with van der Waals surface area (Å²) >= 11 is 6.22. The third-order valence-corrected chi connectivity index (χ3v) is 5.48. The van der Waals surface area contributed by atoms with Crippen molar-refractivity contribution in [1.82, 2.24) is 5.32 Å². The fraction of sp³-hybridized carbons (Fsp3) is 0.571. The van der Waals surface area contributed by atoms with Crippen molar-refractivity contribution >= 4 is 21.4 Å². The van der Waals surface area contributed by atoms with Crippen LogP contribution in [0.1, 0.15) is 31.9 Å². The summed E-state index contributed by atoms with van der Waals surface area (Å²) in [5.41, 5.74) is 1.09. The van der Waals surface area contributed by atoms with E-state index in [-0.39, 0.29) is 23.7 Å². The molecule has 112 valence electrons. The molecule has 0 aromatic heterocycles. The van der Waals surface area contributed by atoms with Crippen molar-refractivity contribution in [3.05, 3.63) is 28.8 Å². The lowest BCUT2D eigenvalue weighted by atomic mass is 10.1. The highest BCUT2D eigenvalue weighted by atomic mass is 35.5. The molecule has 1 aliphatic rings. The lowest BCUT2D eigenvalue weighted by molar-refractivity contribution is 0.229. The van der Waals surface area contributed by atoms with Crippen LogP contribution in [0.5, 0.6) is 5.75 Å². The van der Waals surface area contributed by atoms with Crippen LogP contribution in [-0.4, -0.2) is 32.6 Å². The Balaban J connectivity index is 2.07. The van der Waals surface area contributed by atoms with Gasteiger partial charge in [0.2, 0.25) is 0 Å². The van der Waals surface area contributed by atoms with Crippen molar-refractivity contribution in [2.45, 2.75) is 32.4 Å². The maximum atomic E-state index is 11.4. The minimum atomic E-state index is -2.94. The van der Waals surface area contributed by atoms with Crippen LogP contribution < -0.4 is 10.1 Å². The number of hydrogen-bond donors (Lipinski definition) is 1. The number of sulfone groups is 1. The summed E-state index contributed by atoms with van der Waals surface area (Å²) in [6.07, 6.45) is 0.253. The third-order valence-electron chi connectivity index (χ3n) is 3.45. The largest absolute Gasteiger partial charge is 0.488 e. The van der Waals surface area contributed by atoms with E-state index in [4.69, 9.17) is 16.3 Å². The maximum absolute atomic E-state index is 11.4. The zero-order valence-corrected chi connectivity index (χ0v) is 13.3. The topological polar surface area (TPSA) is 55.4 Å². The van der Waals surface area contributed by atoms with Crippen molar-refractivity contribution in [3.63, 3.8) is 0 Å². The molecule has 1 N–H and O–H groups in total. The minimum absolute atomic E-state index is 0.0822. The van der Waals surface area contributed by atoms with E-state index in [2.05, 4.69) is 19.2 Å². The van der Waals surface area contributed by atoms with Gasteiger partial charge >= 0.3 is 0 Å². The SMILES string of the molecule is CCNC(C)c1ccc(OC2CCS(=O)(=O)C2)c(Cl)c1. The first kappa shape index (κ1) is 15.6. The first-order chi connectivity index (χ1) is 9.41. The van der Waals surface area contributed by atoms with Gasteiger partial charge in [0.1, 0.15) is 11.9 Å². The summed E-state index contributed by atoms with van der Waals surface area (Å²) in [5, 5.41) is 3.84. The third kappa shape index (κ3) is 3.87. The standard InChI is InChI=1S/C14H20ClNO3S/c1-3-16-10(2)11-4-5-14(13(15)8-11)19-12-6-7-20(17,18)9-12/h4-5,8,10,12,16H,3,6-7,9H2,1-2H3. The van der Waals surface area contributed by atoms with E-state index in [0.29, 0.717) is 17.2 Å². The van der Waals surface area contributed by atoms with Gasteiger partial charge in [-0.05, 0) is 37.6 Å². The summed E-state index contributed by atoms with van der Waals surface area (Å²) in [4.78, 5) is 0. The second-order valence-corrected chi connectivity index (χ2v) is 7.75. The quantitative estimate of drug-likeness (QED) is 0.907. The lowest BCUT2D eigenvalue weighted by Crippen LogP contribution is -2.19. The summed E-state index contributed by atoms with van der Waals surface area (Å²) < 4.78 is 28.5. The fourth-order valence-electron chi connectivity index (χ4n) is 2.34. The van der Waals surface area contributed by atoms with Gasteiger partial charge in [0, 0.05) is 6.04 Å². The van der Waals surface area contributed by atoms with Crippen molar-refractivity contribution in [1.29, 1.82) is 0 Å². The highest BCUT2D eigenvalue weighted by Crippen LogP contribution is 2.30. The number of ether oxygens (including phenoxy) is 1. The van der Waals surface area contributed by atoms with Gasteiger partial charge in [0.25, 0.3) is 0 Å². The molecule has 0 aliphatic carbocycles. The maximum Gasteiger partial charge on any atom is 0.154 e. The number of hydrogen-bond acceptors (Lipinski definition) is 4. The monoisotopic (exact) mass is 317 g/mol. The molecule has 0 bridgehead atoms. The van der Waals surface area contributed by atoms with E-state index in [9.17, 15) is 8.42 Å². The van der Waals surface area contributed by atoms with Crippen LogP contribution in [0.2, 0.25) is 5.02 Å². The van der Waals surface area contributed by atoms with Crippen LogP contribution in [0.3, 0.4) is 0 Å². The van der Waals surface area contributed by atoms with Gasteiger partial charge < -0.3 is 10.1 Å². The molecule has 6 heteroatoms. The predicted molar refractivity (Wildman–Crippen MR) is 81.2 cm³/mol. The van der Waals surface area contributed by atoms with Crippen molar-refractivity contribution in [2.24, 2.45) is 0 Å². The predicted octanol–water partition coefficient (Wildman–Crippen LogP) is 2.58. The summed E-state index contributed by atoms with van der Waals surface area (Å²) in [5.74, 6) is 0.838. The van der Waals surface area contributed by atoms with E-state index in [0.717, 1.165) is 12.1 Å². The van der Waals surface area contributed by atoms with Crippen molar-refractivity contribution in [3.8, 4) is 5.75 Å². The Morgan fingerprint density at radius 2 is 2.25 bits per heavy atom. The Hall–Kier alpha value is -0.780. The first-order valence-corrected chi connectivity index (χ1v) is 9.01. The van der Waals surface area contributed by atoms with E-state index in [1.165, 1.54) is 0 Å². The molecular formula is C14H20ClNO3S. The molecule has 0 saturated carbocycles. The molecule has 4 nitrogen and oxygen atoms in total. The fourth-order valence-corrected chi connectivity index (χ4v) is 4.16. The highest BCUT2D eigenvalue weighted by Gasteiger charge is 2.29. The van der Waals surface area contributed by atoms with Gasteiger partial charge in [-0.3, -0.25) is 0 Å². The van der Waals surface area contributed by atoms with Crippen LogP contribution >= 0.6 is 11.6 Å². The Bertz CT molecular complexity index is 574. The summed E-state index contributed by atoms with van der Waals surface area (Å²) in [6, 6.07) is 5.86. The number of nitrogens with one attached hydrogen (secondary N) is 1. The minimum Gasteiger partial charge on any atom is -0.488 e. The molecule has 1 aromatic carbocycles. The molecule has 0 spiro atoms. The molecule has 0 amide bonds. The van der Waals surface area contributed by atoms with Crippen LogP contribution in [0.15, 0.2) is 18.2 Å². The number of benzene rings is 1. The molecule has 1 aliphatic heterocycles. The molecule has 1 saturated heterocycles. The molecular weight excluding hydrogens is 298 g/mol. The van der Waals surface area contributed by atoms with Gasteiger partial charge in [-0.2, -0.15) is 0 Å². The van der Waals surface area contributed by atoms with Crippen molar-refractivity contribution < 1.29 is 13.2 Å². The van der Waals surface area contributed by atoms with Gasteiger partial charge in [0.15, 0.2) is 9.84 Å². The Kier molecular flexibility index (Phi) is 4.94. The molecule has 20 heavy (non-hydrogen) atoms. The van der Waals surface area contributed by atoms with Gasteiger partial charge in [-0.15, -0.1) is 0 Å². The van der Waals surface area contributed by atoms with Gasteiger partial charge in [-0.25, -0.2) is 8.42 Å². The van der Waals surface area contributed by atoms with Crippen molar-refractivity contribution in [2.75, 3.05) is 18.1 Å². The average molecular weight is 318 g/mol. The Morgan fingerprint density at radius 1 is 1.50 bits per heavy atom. The molecule has 2 unspecified atom stereocenters. The molecule has 1 fully saturated rings. The lowest BCUT2D eigenvalue weighted by Gasteiger charge is -2.17. The highest BCUT2D eigenvalue weighted by molar-refractivity contribution is 7.91. The normalized spacial score (nSPS) is 22.6. The smallest absolute Gasteiger partial charge is 0.154 e. The Labute approximate surface area is 125 Å². The van der Waals surface area contributed by atoms with Gasteiger partial charge in [0.05, 0.1) is 16.5 Å². The molecule has 1 heterocycles. The Morgan fingerprint density at radius 3 is 2.80 bits per heavy atom. The first-order valence-electron chi connectivity index (χ1n) is 6.81. The summed E-state index contributed by atoms with van der Waals surface area (Å²) in [6.45, 7) is 5.01. The van der Waals surface area contributed by atoms with Crippen LogP contribution in [0.25, 0.3) is 0 Å². The van der Waals surface area contributed by atoms with E-state index in [1.807, 2.05) is 18.2 Å². The molecule has 2 rings (SSSR count). The van der Waals surface area contributed by atoms with E-state index in [1.54, 1.807) is 0 Å². The van der Waals surface area contributed by atoms with Crippen LogP contribution in [0, 0.1) is 0 Å². The van der Waals surface area contributed by atoms with Crippen LogP contribution in [-0.2, 0) is 9.84 Å². The number of halogens is 1. The summed E-state index contributed by atoms with van der Waals surface area (Å²) in [7, 11) is -2.94. The second-order valence-electron chi connectivity index (χ2n) is 5.11. The second kappa shape index (κ2) is 6.33. The average Bonchev–Trinajstić information content (AvgIpc) is 2.71. The zero-order valence-electron chi connectivity index (χ0n) is 11.7. The van der Waals surface area contributed by atoms with E-state index >= 15 is 0 Å². The molecule has 2 atom stereocenters. The molecule has 0 radical (unpaired) electrons. The zero-order chi connectivity index (χ0) is 14.8.